The summed E-state index contributed by atoms with van der Waals surface area (Å²) in [7, 11) is 0. The fourth-order valence-corrected chi connectivity index (χ4v) is 0.531. The highest BCUT2D eigenvalue weighted by Crippen LogP contribution is 1.80. The number of rotatable bonds is 6. The van der Waals surface area contributed by atoms with Gasteiger partial charge >= 0.3 is 0 Å². The summed E-state index contributed by atoms with van der Waals surface area (Å²) in [4.78, 5) is 0. The van der Waals surface area contributed by atoms with Crippen LogP contribution in [0.4, 0.5) is 0 Å². The molecule has 2 N–H and O–H groups in total. The number of ether oxygens (including phenoxy) is 2. The molecule has 0 saturated heterocycles. The van der Waals surface area contributed by atoms with Gasteiger partial charge in [-0.25, -0.2) is 0 Å². The summed E-state index contributed by atoms with van der Waals surface area (Å²) in [6.45, 7) is 6.57. The SMILES string of the molecule is CCOCCOC[C@@H](C)N. The molecule has 10 heavy (non-hydrogen) atoms. The monoisotopic (exact) mass is 147 g/mol. The first-order chi connectivity index (χ1) is 4.77. The van der Waals surface area contributed by atoms with Crippen LogP contribution in [0.3, 0.4) is 0 Å². The van der Waals surface area contributed by atoms with E-state index in [0.717, 1.165) is 6.61 Å². The van der Waals surface area contributed by atoms with Gasteiger partial charge in [0.25, 0.3) is 0 Å². The lowest BCUT2D eigenvalue weighted by atomic mass is 10.4. The zero-order chi connectivity index (χ0) is 7.82. The molecule has 0 rings (SSSR count). The van der Waals surface area contributed by atoms with Crippen molar-refractivity contribution in [1.82, 2.24) is 0 Å². The average Bonchev–Trinajstić information content (AvgIpc) is 1.87. The van der Waals surface area contributed by atoms with E-state index < -0.39 is 0 Å². The maximum absolute atomic E-state index is 5.44. The van der Waals surface area contributed by atoms with Gasteiger partial charge in [0.05, 0.1) is 19.8 Å². The van der Waals surface area contributed by atoms with Crippen LogP contribution >= 0.6 is 0 Å². The molecule has 0 fully saturated rings. The molecule has 0 aromatic carbocycles. The molecule has 0 heterocycles. The maximum atomic E-state index is 5.44. The number of hydrogen-bond donors (Lipinski definition) is 1. The third-order valence-electron chi connectivity index (χ3n) is 0.957. The lowest BCUT2D eigenvalue weighted by Gasteiger charge is -2.05. The quantitative estimate of drug-likeness (QED) is 0.553. The molecule has 0 aromatic heterocycles. The van der Waals surface area contributed by atoms with Crippen LogP contribution in [0, 0.1) is 0 Å². The van der Waals surface area contributed by atoms with E-state index >= 15 is 0 Å². The summed E-state index contributed by atoms with van der Waals surface area (Å²) in [5, 5.41) is 0. The van der Waals surface area contributed by atoms with Crippen molar-refractivity contribution >= 4 is 0 Å². The van der Waals surface area contributed by atoms with E-state index in [1.165, 1.54) is 0 Å². The van der Waals surface area contributed by atoms with E-state index in [-0.39, 0.29) is 6.04 Å². The van der Waals surface area contributed by atoms with Crippen molar-refractivity contribution in [3.05, 3.63) is 0 Å². The average molecular weight is 147 g/mol. The van der Waals surface area contributed by atoms with Gasteiger partial charge in [-0.2, -0.15) is 0 Å². The van der Waals surface area contributed by atoms with Crippen molar-refractivity contribution in [2.24, 2.45) is 5.73 Å². The first kappa shape index (κ1) is 9.88. The molecular weight excluding hydrogens is 130 g/mol. The zero-order valence-corrected chi connectivity index (χ0v) is 6.80. The van der Waals surface area contributed by atoms with E-state index in [0.29, 0.717) is 19.8 Å². The molecule has 62 valence electrons. The van der Waals surface area contributed by atoms with Gasteiger partial charge in [-0.3, -0.25) is 0 Å². The normalized spacial score (nSPS) is 13.5. The van der Waals surface area contributed by atoms with E-state index in [2.05, 4.69) is 0 Å². The predicted molar refractivity (Wildman–Crippen MR) is 41.0 cm³/mol. The second-order valence-electron chi connectivity index (χ2n) is 2.25. The first-order valence-electron chi connectivity index (χ1n) is 3.68. The Bertz CT molecular complexity index is 66.6. The summed E-state index contributed by atoms with van der Waals surface area (Å²) in [5.74, 6) is 0. The molecule has 3 nitrogen and oxygen atoms in total. The molecular formula is C7H17NO2. The van der Waals surface area contributed by atoms with E-state index in [1.807, 2.05) is 13.8 Å². The van der Waals surface area contributed by atoms with Crippen molar-refractivity contribution in [3.8, 4) is 0 Å². The molecule has 0 aliphatic carbocycles. The summed E-state index contributed by atoms with van der Waals surface area (Å²) >= 11 is 0. The Balaban J connectivity index is 2.77. The minimum Gasteiger partial charge on any atom is -0.379 e. The highest BCUT2D eigenvalue weighted by molar-refractivity contribution is 4.47. The summed E-state index contributed by atoms with van der Waals surface area (Å²) in [6, 6.07) is 0.127. The van der Waals surface area contributed by atoms with Crippen molar-refractivity contribution in [2.45, 2.75) is 19.9 Å². The fourth-order valence-electron chi connectivity index (χ4n) is 0.531. The second-order valence-corrected chi connectivity index (χ2v) is 2.25. The molecule has 0 aromatic rings. The van der Waals surface area contributed by atoms with E-state index in [1.54, 1.807) is 0 Å². The van der Waals surface area contributed by atoms with Crippen LogP contribution in [0.1, 0.15) is 13.8 Å². The molecule has 0 unspecified atom stereocenters. The van der Waals surface area contributed by atoms with Crippen LogP contribution < -0.4 is 5.73 Å². The smallest absolute Gasteiger partial charge is 0.0701 e. The molecule has 0 aliphatic rings. The molecule has 0 amide bonds. The summed E-state index contributed by atoms with van der Waals surface area (Å²) in [5.41, 5.74) is 5.44. The van der Waals surface area contributed by atoms with Crippen molar-refractivity contribution in [1.29, 1.82) is 0 Å². The number of nitrogens with two attached hydrogens (primary N) is 1. The van der Waals surface area contributed by atoms with Gasteiger partial charge in [0.15, 0.2) is 0 Å². The Labute approximate surface area is 62.5 Å². The Kier molecular flexibility index (Phi) is 6.91. The van der Waals surface area contributed by atoms with Crippen LogP contribution in [-0.2, 0) is 9.47 Å². The van der Waals surface area contributed by atoms with Gasteiger partial charge < -0.3 is 15.2 Å². The fraction of sp³-hybridized carbons (Fsp3) is 1.00. The molecule has 0 radical (unpaired) electrons. The third-order valence-corrected chi connectivity index (χ3v) is 0.957. The second kappa shape index (κ2) is 6.99. The van der Waals surface area contributed by atoms with Crippen LogP contribution in [0.15, 0.2) is 0 Å². The third kappa shape index (κ3) is 7.88. The molecule has 0 aliphatic heterocycles. The van der Waals surface area contributed by atoms with Gasteiger partial charge in [-0.05, 0) is 13.8 Å². The molecule has 3 heteroatoms. The summed E-state index contributed by atoms with van der Waals surface area (Å²) < 4.78 is 10.2. The highest BCUT2D eigenvalue weighted by Gasteiger charge is 1.92. The van der Waals surface area contributed by atoms with Gasteiger partial charge in [-0.15, -0.1) is 0 Å². The van der Waals surface area contributed by atoms with Gasteiger partial charge in [0.1, 0.15) is 0 Å². The van der Waals surface area contributed by atoms with Crippen molar-refractivity contribution in [3.63, 3.8) is 0 Å². The van der Waals surface area contributed by atoms with Crippen LogP contribution in [0.5, 0.6) is 0 Å². The Morgan fingerprint density at radius 1 is 1.30 bits per heavy atom. The van der Waals surface area contributed by atoms with E-state index in [9.17, 15) is 0 Å². The Morgan fingerprint density at radius 2 is 1.90 bits per heavy atom. The Morgan fingerprint density at radius 3 is 2.40 bits per heavy atom. The van der Waals surface area contributed by atoms with E-state index in [4.69, 9.17) is 15.2 Å². The lowest BCUT2D eigenvalue weighted by molar-refractivity contribution is 0.0489. The largest absolute Gasteiger partial charge is 0.379 e. The summed E-state index contributed by atoms with van der Waals surface area (Å²) in [6.07, 6.45) is 0. The molecule has 0 bridgehead atoms. The molecule has 0 spiro atoms. The van der Waals surface area contributed by atoms with Crippen molar-refractivity contribution in [2.75, 3.05) is 26.4 Å². The Hall–Kier alpha value is -0.120. The highest BCUT2D eigenvalue weighted by atomic mass is 16.5. The minimum absolute atomic E-state index is 0.127. The molecule has 1 atom stereocenters. The van der Waals surface area contributed by atoms with Crippen LogP contribution in [-0.4, -0.2) is 32.5 Å². The maximum Gasteiger partial charge on any atom is 0.0701 e. The lowest BCUT2D eigenvalue weighted by Crippen LogP contribution is -2.22. The predicted octanol–water partition coefficient (Wildman–Crippen LogP) is 0.387. The van der Waals surface area contributed by atoms with Crippen molar-refractivity contribution < 1.29 is 9.47 Å². The zero-order valence-electron chi connectivity index (χ0n) is 6.80. The minimum atomic E-state index is 0.127. The first-order valence-corrected chi connectivity index (χ1v) is 3.68. The topological polar surface area (TPSA) is 44.5 Å². The van der Waals surface area contributed by atoms with Gasteiger partial charge in [-0.1, -0.05) is 0 Å². The van der Waals surface area contributed by atoms with Gasteiger partial charge in [0.2, 0.25) is 0 Å². The van der Waals surface area contributed by atoms with Gasteiger partial charge in [0, 0.05) is 12.6 Å². The van der Waals surface area contributed by atoms with Crippen LogP contribution in [0.25, 0.3) is 0 Å². The standard InChI is InChI=1S/C7H17NO2/c1-3-9-4-5-10-6-7(2)8/h7H,3-6,8H2,1-2H3/t7-/m1/s1. The van der Waals surface area contributed by atoms with Crippen LogP contribution in [0.2, 0.25) is 0 Å². The number of hydrogen-bond acceptors (Lipinski definition) is 3. The molecule has 0 saturated carbocycles.